The number of aliphatic hydroxyl groups is 1. The van der Waals surface area contributed by atoms with Gasteiger partial charge in [0.1, 0.15) is 12.4 Å². The highest BCUT2D eigenvalue weighted by molar-refractivity contribution is 5.35. The first-order valence-electron chi connectivity index (χ1n) is 7.87. The van der Waals surface area contributed by atoms with Crippen molar-refractivity contribution in [3.05, 3.63) is 29.8 Å². The summed E-state index contributed by atoms with van der Waals surface area (Å²) in [5, 5.41) is 10.2. The number of nitrogens with zero attached hydrogens (tertiary/aromatic N) is 1. The second kappa shape index (κ2) is 6.69. The predicted molar refractivity (Wildman–Crippen MR) is 82.4 cm³/mol. The van der Waals surface area contributed by atoms with Gasteiger partial charge in [-0.2, -0.15) is 13.2 Å². The highest BCUT2D eigenvalue weighted by Gasteiger charge is 2.37. The number of alkyl halides is 3. The van der Waals surface area contributed by atoms with Crippen LogP contribution in [0, 0.1) is 0 Å². The first-order chi connectivity index (χ1) is 10.6. The minimum atomic E-state index is -4.42. The lowest BCUT2D eigenvalue weighted by molar-refractivity contribution is -0.139. The average molecular weight is 331 g/mol. The molecule has 130 valence electrons. The Morgan fingerprint density at radius 3 is 2.35 bits per heavy atom. The summed E-state index contributed by atoms with van der Waals surface area (Å²) < 4.78 is 44.2. The molecule has 0 aromatic heterocycles. The number of benzene rings is 1. The van der Waals surface area contributed by atoms with Gasteiger partial charge in [0.25, 0.3) is 0 Å². The fourth-order valence-corrected chi connectivity index (χ4v) is 3.55. The fourth-order valence-electron chi connectivity index (χ4n) is 3.55. The Balaban J connectivity index is 1.96. The largest absolute Gasteiger partial charge is 0.492 e. The molecule has 3 atom stereocenters. The van der Waals surface area contributed by atoms with Crippen LogP contribution in [0.4, 0.5) is 13.2 Å². The molecule has 1 aromatic rings. The van der Waals surface area contributed by atoms with Crippen LogP contribution in [0.2, 0.25) is 0 Å². The van der Waals surface area contributed by atoms with E-state index in [1.807, 2.05) is 20.8 Å². The third kappa shape index (κ3) is 4.61. The summed E-state index contributed by atoms with van der Waals surface area (Å²) in [6.07, 6.45) is -3.12. The number of halogens is 3. The highest BCUT2D eigenvalue weighted by atomic mass is 19.4. The van der Waals surface area contributed by atoms with E-state index >= 15 is 0 Å². The zero-order chi connectivity index (χ0) is 17.3. The third-order valence-electron chi connectivity index (χ3n) is 4.40. The summed E-state index contributed by atoms with van der Waals surface area (Å²) in [7, 11) is 0. The van der Waals surface area contributed by atoms with Crippen LogP contribution in [0.25, 0.3) is 0 Å². The molecule has 6 heteroatoms. The van der Waals surface area contributed by atoms with Gasteiger partial charge in [0.2, 0.25) is 0 Å². The molecule has 0 bridgehead atoms. The van der Waals surface area contributed by atoms with E-state index in [0.717, 1.165) is 6.07 Å². The van der Waals surface area contributed by atoms with Crippen LogP contribution in [0.5, 0.6) is 5.75 Å². The molecule has 23 heavy (non-hydrogen) atoms. The van der Waals surface area contributed by atoms with Gasteiger partial charge in [-0.1, -0.05) is 12.1 Å². The number of rotatable bonds is 4. The van der Waals surface area contributed by atoms with Crippen LogP contribution >= 0.6 is 0 Å². The molecule has 0 spiro atoms. The zero-order valence-corrected chi connectivity index (χ0v) is 13.7. The number of para-hydroxylation sites is 1. The van der Waals surface area contributed by atoms with Crippen molar-refractivity contribution in [1.29, 1.82) is 0 Å². The van der Waals surface area contributed by atoms with Crippen LogP contribution < -0.4 is 4.74 Å². The number of ether oxygens (including phenoxy) is 1. The Kier molecular flexibility index (Phi) is 5.26. The van der Waals surface area contributed by atoms with Gasteiger partial charge >= 0.3 is 6.18 Å². The summed E-state index contributed by atoms with van der Waals surface area (Å²) >= 11 is 0. The second-order valence-corrected chi connectivity index (χ2v) is 6.68. The zero-order valence-electron chi connectivity index (χ0n) is 13.7. The molecular formula is C17H24F3NO2. The quantitative estimate of drug-likeness (QED) is 0.913. The molecule has 0 saturated carbocycles. The van der Waals surface area contributed by atoms with E-state index in [-0.39, 0.29) is 24.4 Å². The molecule has 1 aliphatic heterocycles. The van der Waals surface area contributed by atoms with Gasteiger partial charge in [-0.05, 0) is 45.7 Å². The number of likely N-dealkylation sites (tertiary alicyclic amines) is 1. The van der Waals surface area contributed by atoms with E-state index < -0.39 is 17.3 Å². The lowest BCUT2D eigenvalue weighted by atomic mass is 9.84. The third-order valence-corrected chi connectivity index (χ3v) is 4.40. The molecule has 2 rings (SSSR count). The molecule has 1 N–H and O–H groups in total. The maximum absolute atomic E-state index is 12.9. The molecule has 1 saturated heterocycles. The lowest BCUT2D eigenvalue weighted by Gasteiger charge is -2.45. The predicted octanol–water partition coefficient (Wildman–Crippen LogP) is 3.71. The number of piperidine rings is 1. The first-order valence-corrected chi connectivity index (χ1v) is 7.87. The van der Waals surface area contributed by atoms with Gasteiger partial charge in [-0.15, -0.1) is 0 Å². The van der Waals surface area contributed by atoms with Crippen molar-refractivity contribution in [1.82, 2.24) is 4.90 Å². The van der Waals surface area contributed by atoms with Crippen molar-refractivity contribution in [2.24, 2.45) is 0 Å². The second-order valence-electron chi connectivity index (χ2n) is 6.68. The van der Waals surface area contributed by atoms with Crippen molar-refractivity contribution < 1.29 is 23.0 Å². The van der Waals surface area contributed by atoms with Gasteiger partial charge in [-0.3, -0.25) is 4.90 Å². The van der Waals surface area contributed by atoms with Gasteiger partial charge in [0, 0.05) is 18.6 Å². The molecular weight excluding hydrogens is 307 g/mol. The van der Waals surface area contributed by atoms with Gasteiger partial charge in [0.05, 0.1) is 11.2 Å². The Bertz CT molecular complexity index is 517. The number of hydrogen-bond donors (Lipinski definition) is 1. The van der Waals surface area contributed by atoms with Crippen molar-refractivity contribution in [2.75, 3.05) is 13.2 Å². The van der Waals surface area contributed by atoms with E-state index in [1.54, 1.807) is 0 Å². The Morgan fingerprint density at radius 1 is 1.22 bits per heavy atom. The molecule has 0 amide bonds. The van der Waals surface area contributed by atoms with Crippen LogP contribution in [0.1, 0.15) is 39.2 Å². The normalized spacial score (nSPS) is 29.5. The molecule has 2 unspecified atom stereocenters. The summed E-state index contributed by atoms with van der Waals surface area (Å²) in [6.45, 7) is 6.59. The van der Waals surface area contributed by atoms with Crippen molar-refractivity contribution in [2.45, 2.75) is 57.5 Å². The SMILES string of the molecule is CC1CC(C)(O)C[C@@H](C)N1CCOc1ccccc1C(F)(F)F. The Hall–Kier alpha value is -1.27. The molecule has 1 aliphatic rings. The molecule has 0 aliphatic carbocycles. The average Bonchev–Trinajstić information content (AvgIpc) is 2.40. The van der Waals surface area contributed by atoms with E-state index in [0.29, 0.717) is 19.4 Å². The van der Waals surface area contributed by atoms with Crippen LogP contribution in [-0.2, 0) is 6.18 Å². The molecule has 3 nitrogen and oxygen atoms in total. The van der Waals surface area contributed by atoms with Crippen molar-refractivity contribution >= 4 is 0 Å². The summed E-state index contributed by atoms with van der Waals surface area (Å²) in [5.74, 6) is -0.135. The van der Waals surface area contributed by atoms with Crippen molar-refractivity contribution in [3.8, 4) is 5.75 Å². The van der Waals surface area contributed by atoms with Crippen molar-refractivity contribution in [3.63, 3.8) is 0 Å². The van der Waals surface area contributed by atoms with E-state index in [2.05, 4.69) is 4.90 Å². The Labute approximate surface area is 135 Å². The Morgan fingerprint density at radius 2 is 1.78 bits per heavy atom. The molecule has 0 radical (unpaired) electrons. The number of hydrogen-bond acceptors (Lipinski definition) is 3. The van der Waals surface area contributed by atoms with Gasteiger partial charge in [0.15, 0.2) is 0 Å². The topological polar surface area (TPSA) is 32.7 Å². The summed E-state index contributed by atoms with van der Waals surface area (Å²) in [6, 6.07) is 5.58. The smallest absolute Gasteiger partial charge is 0.419 e. The molecule has 1 fully saturated rings. The minimum Gasteiger partial charge on any atom is -0.492 e. The van der Waals surface area contributed by atoms with Gasteiger partial charge in [-0.25, -0.2) is 0 Å². The monoisotopic (exact) mass is 331 g/mol. The molecule has 1 aromatic carbocycles. The van der Waals surface area contributed by atoms with E-state index in [9.17, 15) is 18.3 Å². The highest BCUT2D eigenvalue weighted by Crippen LogP contribution is 2.36. The standard InChI is InChI=1S/C17H24F3NO2/c1-12-10-16(3,22)11-13(2)21(12)8-9-23-15-7-5-4-6-14(15)17(18,19)20/h4-7,12-13,22H,8-11H2,1-3H3/t12-,13?,16?/m1/s1. The van der Waals surface area contributed by atoms with Crippen LogP contribution in [0.3, 0.4) is 0 Å². The van der Waals surface area contributed by atoms with Gasteiger partial charge < -0.3 is 9.84 Å². The van der Waals surface area contributed by atoms with E-state index in [1.165, 1.54) is 18.2 Å². The summed E-state index contributed by atoms with van der Waals surface area (Å²) in [4.78, 5) is 2.17. The molecule has 1 heterocycles. The van der Waals surface area contributed by atoms with E-state index in [4.69, 9.17) is 4.74 Å². The maximum Gasteiger partial charge on any atom is 0.419 e. The van der Waals surface area contributed by atoms with Crippen LogP contribution in [-0.4, -0.2) is 40.8 Å². The maximum atomic E-state index is 12.9. The summed E-state index contributed by atoms with van der Waals surface area (Å²) in [5.41, 5.74) is -1.43. The van der Waals surface area contributed by atoms with Crippen LogP contribution in [0.15, 0.2) is 24.3 Å². The fraction of sp³-hybridized carbons (Fsp3) is 0.647. The lowest BCUT2D eigenvalue weighted by Crippen LogP contribution is -2.53. The first kappa shape index (κ1) is 18.1. The minimum absolute atomic E-state index is 0.135.